The largest absolute Gasteiger partial charge is 0.329 e. The van der Waals surface area contributed by atoms with Crippen LogP contribution in [0.5, 0.6) is 0 Å². The Balaban J connectivity index is 3.05. The molecule has 0 radical (unpaired) electrons. The van der Waals surface area contributed by atoms with Crippen LogP contribution in [0.25, 0.3) is 0 Å². The summed E-state index contributed by atoms with van der Waals surface area (Å²) in [6.45, 7) is 7.33. The highest BCUT2D eigenvalue weighted by molar-refractivity contribution is 7.40. The zero-order valence-corrected chi connectivity index (χ0v) is 20.7. The lowest BCUT2D eigenvalue weighted by Crippen LogP contribution is -2.20. The molecule has 176 valence electrons. The topological polar surface area (TPSA) is 50.7 Å². The van der Waals surface area contributed by atoms with Crippen molar-refractivity contribution in [2.24, 2.45) is 0 Å². The maximum atomic E-state index is 9.52. The Morgan fingerprint density at radius 1 is 0.517 bits per heavy atom. The van der Waals surface area contributed by atoms with E-state index in [0.717, 1.165) is 25.9 Å². The second-order valence-corrected chi connectivity index (χ2v) is 9.30. The van der Waals surface area contributed by atoms with Gasteiger partial charge in [0.05, 0.1) is 13.2 Å². The molecule has 0 heterocycles. The molecule has 0 aliphatic carbocycles. The van der Waals surface area contributed by atoms with E-state index in [0.29, 0.717) is 13.2 Å². The first-order valence-electron chi connectivity index (χ1n) is 12.8. The second kappa shape index (κ2) is 26.3. The zero-order valence-electron chi connectivity index (χ0n) is 19.8. The molecule has 2 N–H and O–H groups in total. The first kappa shape index (κ1) is 29.3. The van der Waals surface area contributed by atoms with Gasteiger partial charge >= 0.3 is 8.60 Å². The SMILES string of the molecule is CCCCCCCCCCCCCCCCCCNCCOP(O)OCCCC. The molecule has 0 bridgehead atoms. The molecule has 0 saturated heterocycles. The number of hydrogen-bond acceptors (Lipinski definition) is 4. The summed E-state index contributed by atoms with van der Waals surface area (Å²) in [6.07, 6.45) is 24.6. The van der Waals surface area contributed by atoms with Gasteiger partial charge in [-0.15, -0.1) is 0 Å². The van der Waals surface area contributed by atoms with Gasteiger partial charge < -0.3 is 19.3 Å². The van der Waals surface area contributed by atoms with E-state index in [1.165, 1.54) is 103 Å². The van der Waals surface area contributed by atoms with Crippen LogP contribution >= 0.6 is 8.60 Å². The molecule has 0 saturated carbocycles. The Morgan fingerprint density at radius 3 is 1.41 bits per heavy atom. The number of nitrogens with one attached hydrogen (secondary N) is 1. The molecule has 0 fully saturated rings. The third kappa shape index (κ3) is 26.2. The summed E-state index contributed by atoms with van der Waals surface area (Å²) < 4.78 is 10.5. The lowest BCUT2D eigenvalue weighted by Gasteiger charge is -2.10. The summed E-state index contributed by atoms with van der Waals surface area (Å²) in [5, 5.41) is 3.38. The van der Waals surface area contributed by atoms with Crippen LogP contribution < -0.4 is 5.32 Å². The maximum Gasteiger partial charge on any atom is 0.329 e. The summed E-state index contributed by atoms with van der Waals surface area (Å²) in [7, 11) is -1.68. The van der Waals surface area contributed by atoms with Crippen molar-refractivity contribution in [2.45, 2.75) is 129 Å². The average Bonchev–Trinajstić information content (AvgIpc) is 2.72. The second-order valence-electron chi connectivity index (χ2n) is 8.31. The van der Waals surface area contributed by atoms with Gasteiger partial charge in [-0.2, -0.15) is 0 Å². The fourth-order valence-electron chi connectivity index (χ4n) is 3.44. The van der Waals surface area contributed by atoms with Gasteiger partial charge in [0, 0.05) is 6.54 Å². The van der Waals surface area contributed by atoms with Gasteiger partial charge in [-0.05, 0) is 19.4 Å². The molecular formula is C24H52NO3P. The summed E-state index contributed by atoms with van der Waals surface area (Å²) in [6, 6.07) is 0. The van der Waals surface area contributed by atoms with Crippen molar-refractivity contribution in [3.8, 4) is 0 Å². The first-order valence-corrected chi connectivity index (χ1v) is 13.9. The van der Waals surface area contributed by atoms with Gasteiger partial charge in [0.1, 0.15) is 0 Å². The van der Waals surface area contributed by atoms with Gasteiger partial charge in [-0.3, -0.25) is 0 Å². The predicted molar refractivity (Wildman–Crippen MR) is 128 cm³/mol. The monoisotopic (exact) mass is 433 g/mol. The summed E-state index contributed by atoms with van der Waals surface area (Å²) >= 11 is 0. The molecule has 0 rings (SSSR count). The maximum absolute atomic E-state index is 9.52. The average molecular weight is 434 g/mol. The smallest absolute Gasteiger partial charge is 0.328 e. The minimum absolute atomic E-state index is 0.521. The Kier molecular flexibility index (Phi) is 26.6. The Morgan fingerprint density at radius 2 is 0.931 bits per heavy atom. The normalized spacial score (nSPS) is 12.5. The molecule has 5 heteroatoms. The van der Waals surface area contributed by atoms with E-state index in [1.807, 2.05) is 0 Å². The standard InChI is InChI=1S/C24H52NO3P/c1-3-5-7-8-9-10-11-12-13-14-15-16-17-18-19-20-21-25-22-24-28-29(26)27-23-6-4-2/h25-26H,3-24H2,1-2H3. The van der Waals surface area contributed by atoms with Crippen LogP contribution in [-0.4, -0.2) is 31.2 Å². The van der Waals surface area contributed by atoms with Gasteiger partial charge in [0.25, 0.3) is 0 Å². The van der Waals surface area contributed by atoms with Gasteiger partial charge in [0.2, 0.25) is 0 Å². The third-order valence-corrected chi connectivity index (χ3v) is 6.19. The van der Waals surface area contributed by atoms with E-state index in [4.69, 9.17) is 9.05 Å². The quantitative estimate of drug-likeness (QED) is 0.113. The molecule has 0 aromatic heterocycles. The van der Waals surface area contributed by atoms with Crippen LogP contribution in [-0.2, 0) is 9.05 Å². The molecule has 0 aromatic carbocycles. The van der Waals surface area contributed by atoms with E-state index in [1.54, 1.807) is 0 Å². The third-order valence-electron chi connectivity index (χ3n) is 5.39. The molecular weight excluding hydrogens is 381 g/mol. The molecule has 1 unspecified atom stereocenters. The van der Waals surface area contributed by atoms with Crippen molar-refractivity contribution in [1.29, 1.82) is 0 Å². The minimum Gasteiger partial charge on any atom is -0.328 e. The van der Waals surface area contributed by atoms with Crippen molar-refractivity contribution in [3.63, 3.8) is 0 Å². The van der Waals surface area contributed by atoms with Crippen LogP contribution in [0, 0.1) is 0 Å². The lowest BCUT2D eigenvalue weighted by atomic mass is 10.0. The zero-order chi connectivity index (χ0) is 21.3. The lowest BCUT2D eigenvalue weighted by molar-refractivity contribution is 0.198. The van der Waals surface area contributed by atoms with Crippen molar-refractivity contribution in [2.75, 3.05) is 26.3 Å². The molecule has 0 aliphatic heterocycles. The van der Waals surface area contributed by atoms with E-state index in [-0.39, 0.29) is 0 Å². The van der Waals surface area contributed by atoms with Crippen LogP contribution in [0.1, 0.15) is 129 Å². The fraction of sp³-hybridized carbons (Fsp3) is 1.00. The van der Waals surface area contributed by atoms with Crippen molar-refractivity contribution in [1.82, 2.24) is 5.32 Å². The van der Waals surface area contributed by atoms with Crippen LogP contribution in [0.4, 0.5) is 0 Å². The Bertz CT molecular complexity index is 295. The minimum atomic E-state index is -1.68. The van der Waals surface area contributed by atoms with Gasteiger partial charge in [-0.1, -0.05) is 117 Å². The van der Waals surface area contributed by atoms with Crippen LogP contribution in [0.2, 0.25) is 0 Å². The van der Waals surface area contributed by atoms with Gasteiger partial charge in [0.15, 0.2) is 0 Å². The number of hydrogen-bond donors (Lipinski definition) is 2. The molecule has 29 heavy (non-hydrogen) atoms. The molecule has 0 amide bonds. The van der Waals surface area contributed by atoms with Crippen molar-refractivity contribution >= 4 is 8.60 Å². The van der Waals surface area contributed by atoms with Crippen molar-refractivity contribution in [3.05, 3.63) is 0 Å². The van der Waals surface area contributed by atoms with Crippen LogP contribution in [0.15, 0.2) is 0 Å². The number of unbranched alkanes of at least 4 members (excludes halogenated alkanes) is 16. The molecule has 0 aromatic rings. The van der Waals surface area contributed by atoms with E-state index in [9.17, 15) is 4.89 Å². The summed E-state index contributed by atoms with van der Waals surface area (Å²) in [5.41, 5.74) is 0. The fourth-order valence-corrected chi connectivity index (χ4v) is 4.05. The van der Waals surface area contributed by atoms with Crippen LogP contribution in [0.3, 0.4) is 0 Å². The summed E-state index contributed by atoms with van der Waals surface area (Å²) in [4.78, 5) is 9.52. The predicted octanol–water partition coefficient (Wildman–Crippen LogP) is 7.89. The van der Waals surface area contributed by atoms with E-state index < -0.39 is 8.60 Å². The molecule has 1 atom stereocenters. The summed E-state index contributed by atoms with van der Waals surface area (Å²) in [5.74, 6) is 0. The Hall–Kier alpha value is 0.270. The van der Waals surface area contributed by atoms with E-state index >= 15 is 0 Å². The first-order chi connectivity index (χ1) is 14.3. The van der Waals surface area contributed by atoms with Crippen molar-refractivity contribution < 1.29 is 13.9 Å². The highest BCUT2D eigenvalue weighted by Gasteiger charge is 2.05. The Labute approximate surface area is 183 Å². The van der Waals surface area contributed by atoms with Gasteiger partial charge in [-0.25, -0.2) is 0 Å². The molecule has 4 nitrogen and oxygen atoms in total. The number of rotatable bonds is 25. The van der Waals surface area contributed by atoms with E-state index in [2.05, 4.69) is 19.2 Å². The molecule has 0 spiro atoms. The molecule has 0 aliphatic rings. The highest BCUT2D eigenvalue weighted by Crippen LogP contribution is 2.32. The highest BCUT2D eigenvalue weighted by atomic mass is 31.2.